The molecule has 0 aliphatic rings. The maximum Gasteiger partial charge on any atom is -0.0103 e. The SMILES string of the molecule is Cc1cc(-c2ccccc2)cc2ccccc12.Cc1ccc(-c2ccccc2)c2ccccc12.Cc1ccc(-c2ccccc2)cc1.Cc1ccc2ccccc2c1.Cc1cccc(-c2ccccc2)c1.Cc1cccc2ccccc12.Cc1ccccc1.Cc1ccccc1-c1ccccc1. The molecular weight excluding hydrogens is 1230 g/mol. The van der Waals surface area contributed by atoms with Crippen molar-refractivity contribution in [2.75, 3.05) is 0 Å². The molecule has 0 N–H and O–H groups in total. The Morgan fingerprint density at radius 1 is 0.127 bits per heavy atom. The van der Waals surface area contributed by atoms with Crippen LogP contribution in [0.25, 0.3) is 98.7 Å². The highest BCUT2D eigenvalue weighted by Crippen LogP contribution is 2.32. The summed E-state index contributed by atoms with van der Waals surface area (Å²) in [6.07, 6.45) is 0. The molecule has 0 fully saturated rings. The molecule has 0 spiro atoms. The summed E-state index contributed by atoms with van der Waals surface area (Å²) in [5, 5.41) is 10.7. The van der Waals surface area contributed by atoms with Crippen LogP contribution in [0, 0.1) is 55.4 Å². The van der Waals surface area contributed by atoms with Gasteiger partial charge in [0, 0.05) is 0 Å². The van der Waals surface area contributed by atoms with Crippen LogP contribution in [0.4, 0.5) is 0 Å². The zero-order chi connectivity index (χ0) is 71.1. The van der Waals surface area contributed by atoms with Crippen LogP contribution in [0.5, 0.6) is 0 Å². The Kier molecular flexibility index (Phi) is 27.2. The van der Waals surface area contributed by atoms with Crippen LogP contribution in [0.1, 0.15) is 44.5 Å². The number of fused-ring (bicyclic) bond motifs is 4. The fourth-order valence-electron chi connectivity index (χ4n) is 12.2. The molecule has 0 atom stereocenters. The van der Waals surface area contributed by atoms with Gasteiger partial charge in [-0.15, -0.1) is 0 Å². The van der Waals surface area contributed by atoms with Gasteiger partial charge in [0.05, 0.1) is 0 Å². The minimum absolute atomic E-state index is 1.28. The van der Waals surface area contributed by atoms with E-state index in [0.29, 0.717) is 0 Å². The average Bonchev–Trinajstić information content (AvgIpc) is 0.805. The van der Waals surface area contributed by atoms with Crippen LogP contribution in [-0.4, -0.2) is 0 Å². The molecule has 0 radical (unpaired) electrons. The topological polar surface area (TPSA) is 0 Å². The van der Waals surface area contributed by atoms with Crippen molar-refractivity contribution in [1.82, 2.24) is 0 Å². The fraction of sp³-hybridized carbons (Fsp3) is 0.0784. The smallest absolute Gasteiger partial charge is 0.0103 e. The molecule has 0 nitrogen and oxygen atoms in total. The van der Waals surface area contributed by atoms with Crippen molar-refractivity contribution in [3.8, 4) is 55.6 Å². The zero-order valence-electron chi connectivity index (χ0n) is 60.3. The monoisotopic (exact) mass is 1320 g/mol. The highest BCUT2D eigenvalue weighted by Gasteiger charge is 2.06. The van der Waals surface area contributed by atoms with Gasteiger partial charge >= 0.3 is 0 Å². The van der Waals surface area contributed by atoms with E-state index < -0.39 is 0 Å². The average molecular weight is 1320 g/mol. The molecule has 0 aliphatic carbocycles. The third-order valence-corrected chi connectivity index (χ3v) is 17.8. The third-order valence-electron chi connectivity index (χ3n) is 17.8. The van der Waals surface area contributed by atoms with Crippen molar-refractivity contribution in [3.63, 3.8) is 0 Å². The summed E-state index contributed by atoms with van der Waals surface area (Å²) in [5.74, 6) is 0. The number of rotatable bonds is 5. The van der Waals surface area contributed by atoms with Crippen molar-refractivity contribution < 1.29 is 0 Å². The van der Waals surface area contributed by atoms with Gasteiger partial charge in [0.1, 0.15) is 0 Å². The predicted octanol–water partition coefficient (Wildman–Crippen LogP) is 28.9. The summed E-state index contributed by atoms with van der Waals surface area (Å²) >= 11 is 0. The first kappa shape index (κ1) is 72.5. The van der Waals surface area contributed by atoms with Crippen LogP contribution in [-0.2, 0) is 0 Å². The van der Waals surface area contributed by atoms with Gasteiger partial charge in [-0.25, -0.2) is 0 Å². The molecule has 0 saturated carbocycles. The number of benzene rings is 17. The number of hydrogen-bond donors (Lipinski definition) is 0. The van der Waals surface area contributed by atoms with E-state index in [2.05, 4.69) is 432 Å². The summed E-state index contributed by atoms with van der Waals surface area (Å²) in [5.41, 5.74) is 23.5. The Morgan fingerprint density at radius 2 is 0.480 bits per heavy atom. The van der Waals surface area contributed by atoms with Crippen LogP contribution in [0.15, 0.2) is 413 Å². The van der Waals surface area contributed by atoms with Crippen LogP contribution in [0.2, 0.25) is 0 Å². The molecule has 0 unspecified atom stereocenters. The van der Waals surface area contributed by atoms with Gasteiger partial charge in [-0.1, -0.05) is 429 Å². The van der Waals surface area contributed by atoms with E-state index in [1.165, 1.54) is 143 Å². The summed E-state index contributed by atoms with van der Waals surface area (Å²) in [4.78, 5) is 0. The lowest BCUT2D eigenvalue weighted by atomic mass is 9.96. The Hall–Kier alpha value is -12.2. The standard InChI is InChI=1S/2C17H14.3C13H12.2C11H10.C7H8/c1-13-11-16(14-7-3-2-4-8-14)12-15-9-5-6-10-17(13)15;1-13-11-12-16(14-7-3-2-4-8-14)17-10-6-5-9-15(13)17;1-11-7-5-6-10-13(11)12-8-3-2-4-9-12;1-11-6-5-9-13(10-11)12-7-3-2-4-8-12;1-11-7-9-13(10-8-11)12-5-3-2-4-6-12;1-9-5-4-7-10-6-2-3-8-11(9)10;1-9-6-7-10-4-2-3-5-11(10)8-9;1-7-5-3-2-4-6-7/h2*2-12H,1H3;3*2-10H,1H3;2*2-8H,1H3;2-6H,1H3. The van der Waals surface area contributed by atoms with E-state index in [1.54, 1.807) is 0 Å². The first-order chi connectivity index (χ1) is 49.9. The largest absolute Gasteiger partial charge is 0.0622 e. The minimum atomic E-state index is 1.28. The fourth-order valence-corrected chi connectivity index (χ4v) is 12.2. The van der Waals surface area contributed by atoms with Gasteiger partial charge < -0.3 is 0 Å². The van der Waals surface area contributed by atoms with E-state index in [1.807, 2.05) is 36.4 Å². The predicted molar refractivity (Wildman–Crippen MR) is 447 cm³/mol. The molecule has 17 aromatic carbocycles. The second kappa shape index (κ2) is 38.2. The Balaban J connectivity index is 0.000000127. The second-order valence-corrected chi connectivity index (χ2v) is 25.7. The van der Waals surface area contributed by atoms with Gasteiger partial charge in [-0.2, -0.15) is 0 Å². The van der Waals surface area contributed by atoms with Crippen LogP contribution < -0.4 is 0 Å². The summed E-state index contributed by atoms with van der Waals surface area (Å²) < 4.78 is 0. The number of aryl methyl sites for hydroxylation is 8. The molecule has 0 heterocycles. The minimum Gasteiger partial charge on any atom is -0.0622 e. The third kappa shape index (κ3) is 21.6. The second-order valence-electron chi connectivity index (χ2n) is 25.7. The molecule has 0 heteroatoms. The Labute approximate surface area is 607 Å². The lowest BCUT2D eigenvalue weighted by molar-refractivity contribution is 1.46. The molecule has 0 bridgehead atoms. The highest BCUT2D eigenvalue weighted by molar-refractivity contribution is 5.98. The summed E-state index contributed by atoms with van der Waals surface area (Å²) in [7, 11) is 0. The lowest BCUT2D eigenvalue weighted by Crippen LogP contribution is -1.83. The van der Waals surface area contributed by atoms with E-state index in [4.69, 9.17) is 0 Å². The first-order valence-corrected chi connectivity index (χ1v) is 35.3. The molecule has 17 rings (SSSR count). The van der Waals surface area contributed by atoms with Crippen molar-refractivity contribution in [3.05, 3.63) is 457 Å². The van der Waals surface area contributed by atoms with Gasteiger partial charge in [0.2, 0.25) is 0 Å². The highest BCUT2D eigenvalue weighted by atomic mass is 14.1. The van der Waals surface area contributed by atoms with Crippen molar-refractivity contribution in [2.45, 2.75) is 55.4 Å². The summed E-state index contributed by atoms with van der Waals surface area (Å²) in [6, 6.07) is 144. The van der Waals surface area contributed by atoms with Crippen LogP contribution >= 0.6 is 0 Å². The Bertz CT molecular complexity index is 5300. The van der Waals surface area contributed by atoms with Gasteiger partial charge in [-0.05, 0) is 182 Å². The molecule has 0 amide bonds. The Morgan fingerprint density at radius 3 is 1.03 bits per heavy atom. The molecule has 0 aliphatic heterocycles. The van der Waals surface area contributed by atoms with Crippen LogP contribution in [0.3, 0.4) is 0 Å². The normalized spacial score (nSPS) is 10.2. The van der Waals surface area contributed by atoms with Gasteiger partial charge in [-0.3, -0.25) is 0 Å². The van der Waals surface area contributed by atoms with Crippen molar-refractivity contribution >= 4 is 43.1 Å². The maximum atomic E-state index is 2.26. The summed E-state index contributed by atoms with van der Waals surface area (Å²) in [6.45, 7) is 17.0. The maximum absolute atomic E-state index is 2.26. The molecule has 17 aromatic rings. The number of hydrogen-bond acceptors (Lipinski definition) is 0. The van der Waals surface area contributed by atoms with Crippen molar-refractivity contribution in [1.29, 1.82) is 0 Å². The van der Waals surface area contributed by atoms with Gasteiger partial charge in [0.25, 0.3) is 0 Å². The molecular formula is C102H92. The quantitative estimate of drug-likeness (QED) is 0.161. The van der Waals surface area contributed by atoms with E-state index in [0.717, 1.165) is 0 Å². The van der Waals surface area contributed by atoms with E-state index in [9.17, 15) is 0 Å². The lowest BCUT2D eigenvalue weighted by Gasteiger charge is -2.09. The molecule has 102 heavy (non-hydrogen) atoms. The zero-order valence-corrected chi connectivity index (χ0v) is 60.3. The van der Waals surface area contributed by atoms with E-state index >= 15 is 0 Å². The molecule has 500 valence electrons. The van der Waals surface area contributed by atoms with Crippen molar-refractivity contribution in [2.24, 2.45) is 0 Å². The first-order valence-electron chi connectivity index (χ1n) is 35.3. The van der Waals surface area contributed by atoms with E-state index in [-0.39, 0.29) is 0 Å². The molecule has 0 aromatic heterocycles. The van der Waals surface area contributed by atoms with Gasteiger partial charge in [0.15, 0.2) is 0 Å². The molecule has 0 saturated heterocycles.